The molecule has 0 saturated heterocycles. The number of hydrogen-bond acceptors (Lipinski definition) is 1. The Labute approximate surface area is 238 Å². The molecule has 0 amide bonds. The minimum absolute atomic E-state index is 0.334. The van der Waals surface area contributed by atoms with E-state index in [2.05, 4.69) is 138 Å². The van der Waals surface area contributed by atoms with Gasteiger partial charge in [0.05, 0.1) is 16.6 Å². The highest BCUT2D eigenvalue weighted by Gasteiger charge is 2.31. The molecule has 4 aromatic carbocycles. The predicted molar refractivity (Wildman–Crippen MR) is 171 cm³/mol. The van der Waals surface area contributed by atoms with Crippen LogP contribution < -0.4 is 10.4 Å². The lowest BCUT2D eigenvalue weighted by Crippen LogP contribution is -2.39. The van der Waals surface area contributed by atoms with Crippen molar-refractivity contribution in [2.24, 2.45) is 11.8 Å². The number of fused-ring (bicyclic) bond motifs is 10. The van der Waals surface area contributed by atoms with E-state index in [1.165, 1.54) is 54.4 Å². The average Bonchev–Trinajstić information content (AvgIpc) is 3.43. The molecule has 0 aliphatic heterocycles. The smallest absolute Gasteiger partial charge is 0.146 e. The van der Waals surface area contributed by atoms with Gasteiger partial charge in [-0.05, 0) is 69.1 Å². The fraction of sp³-hybridized carbons (Fsp3) is 0.103. The largest absolute Gasteiger partial charge is 0.292 e. The second-order valence-electron chi connectivity index (χ2n) is 11.4. The van der Waals surface area contributed by atoms with Gasteiger partial charge in [0.2, 0.25) is 0 Å². The lowest BCUT2D eigenvalue weighted by Gasteiger charge is -2.33. The van der Waals surface area contributed by atoms with Crippen LogP contribution in [0.25, 0.3) is 49.5 Å². The highest BCUT2D eigenvalue weighted by molar-refractivity contribution is 6.13. The molecule has 6 aromatic rings. The van der Waals surface area contributed by atoms with Crippen LogP contribution in [0.5, 0.6) is 0 Å². The maximum absolute atomic E-state index is 5.30. The molecule has 9 rings (SSSR count). The third-order valence-electron chi connectivity index (χ3n) is 9.25. The van der Waals surface area contributed by atoms with Gasteiger partial charge in [0.25, 0.3) is 0 Å². The molecule has 0 bridgehead atoms. The quantitative estimate of drug-likeness (QED) is 0.211. The Morgan fingerprint density at radius 3 is 2.24 bits per heavy atom. The van der Waals surface area contributed by atoms with Crippen molar-refractivity contribution in [3.63, 3.8) is 0 Å². The van der Waals surface area contributed by atoms with Crippen molar-refractivity contribution in [3.05, 3.63) is 155 Å². The lowest BCUT2D eigenvalue weighted by molar-refractivity contribution is 0.750. The third-order valence-corrected chi connectivity index (χ3v) is 9.25. The summed E-state index contributed by atoms with van der Waals surface area (Å²) in [5.74, 6) is 0.741. The first-order valence-corrected chi connectivity index (χ1v) is 14.6. The minimum Gasteiger partial charge on any atom is -0.292 e. The standard InChI is InChI=1S/C39H28N2/c1-2-12-25(13-3-1)37-29-16-5-7-18-31(29)38(32-19-8-6-17-30(32)37)26-22-23-36-34(24-26)40-39-33-20-9-4-14-27(33)28-15-10-11-21-35(28)41(36)39/h1-12,14-18,20-25,32H,13,19H2. The molecule has 41 heavy (non-hydrogen) atoms. The maximum Gasteiger partial charge on any atom is 0.146 e. The van der Waals surface area contributed by atoms with E-state index in [9.17, 15) is 0 Å². The van der Waals surface area contributed by atoms with Crippen LogP contribution in [-0.4, -0.2) is 9.38 Å². The molecule has 0 radical (unpaired) electrons. The van der Waals surface area contributed by atoms with Crippen molar-refractivity contribution < 1.29 is 0 Å². The summed E-state index contributed by atoms with van der Waals surface area (Å²) in [6.45, 7) is 0. The topological polar surface area (TPSA) is 17.3 Å². The monoisotopic (exact) mass is 524 g/mol. The Morgan fingerprint density at radius 1 is 0.634 bits per heavy atom. The Bertz CT molecular complexity index is 2320. The second-order valence-corrected chi connectivity index (χ2v) is 11.4. The summed E-state index contributed by atoms with van der Waals surface area (Å²) in [7, 11) is 0. The first-order valence-electron chi connectivity index (χ1n) is 14.6. The minimum atomic E-state index is 0.334. The van der Waals surface area contributed by atoms with Crippen molar-refractivity contribution in [1.82, 2.24) is 9.38 Å². The number of para-hydroxylation sites is 1. The Hall–Kier alpha value is -4.95. The summed E-state index contributed by atoms with van der Waals surface area (Å²) in [6.07, 6.45) is 18.1. The maximum atomic E-state index is 5.30. The van der Waals surface area contributed by atoms with Crippen LogP contribution in [-0.2, 0) is 0 Å². The molecule has 2 heteroatoms. The van der Waals surface area contributed by atoms with Gasteiger partial charge in [-0.15, -0.1) is 0 Å². The predicted octanol–water partition coefficient (Wildman–Crippen LogP) is 7.79. The van der Waals surface area contributed by atoms with Gasteiger partial charge in [-0.25, -0.2) is 4.98 Å². The van der Waals surface area contributed by atoms with Crippen LogP contribution in [0.1, 0.15) is 18.4 Å². The molecule has 0 spiro atoms. The number of hydrogen-bond donors (Lipinski definition) is 0. The summed E-state index contributed by atoms with van der Waals surface area (Å²) in [6, 6.07) is 33.4. The summed E-state index contributed by atoms with van der Waals surface area (Å²) < 4.78 is 2.35. The van der Waals surface area contributed by atoms with Gasteiger partial charge in [-0.2, -0.15) is 0 Å². The van der Waals surface area contributed by atoms with E-state index in [4.69, 9.17) is 4.98 Å². The molecule has 2 aromatic heterocycles. The van der Waals surface area contributed by atoms with E-state index in [1.807, 2.05) is 0 Å². The zero-order chi connectivity index (χ0) is 26.9. The Kier molecular flexibility index (Phi) is 4.89. The van der Waals surface area contributed by atoms with Crippen LogP contribution in [0, 0.1) is 11.8 Å². The normalized spacial score (nSPS) is 19.8. The van der Waals surface area contributed by atoms with Crippen molar-refractivity contribution in [2.45, 2.75) is 12.8 Å². The highest BCUT2D eigenvalue weighted by atomic mass is 15.0. The molecular weight excluding hydrogens is 496 g/mol. The summed E-state index contributed by atoms with van der Waals surface area (Å²) in [5, 5.41) is 6.43. The first kappa shape index (κ1) is 22.8. The SMILES string of the molecule is C1=CCC(C2=c3ccccc3=C(c3ccc4c(c3)nc3c5ccccc5c5ccccc5n43)C3CC=CC=C23)C=C1. The van der Waals surface area contributed by atoms with Gasteiger partial charge in [-0.1, -0.05) is 115 Å². The zero-order valence-electron chi connectivity index (χ0n) is 22.7. The summed E-state index contributed by atoms with van der Waals surface area (Å²) in [4.78, 5) is 5.30. The van der Waals surface area contributed by atoms with Gasteiger partial charge in [0.15, 0.2) is 0 Å². The molecule has 0 fully saturated rings. The molecule has 194 valence electrons. The van der Waals surface area contributed by atoms with Gasteiger partial charge < -0.3 is 0 Å². The fourth-order valence-electron chi connectivity index (χ4n) is 7.52. The number of allylic oxidation sites excluding steroid dienone is 8. The van der Waals surface area contributed by atoms with Gasteiger partial charge in [0.1, 0.15) is 5.65 Å². The Balaban J connectivity index is 1.36. The van der Waals surface area contributed by atoms with Gasteiger partial charge >= 0.3 is 0 Å². The number of rotatable bonds is 2. The first-order chi connectivity index (χ1) is 20.4. The van der Waals surface area contributed by atoms with Crippen molar-refractivity contribution >= 4 is 49.5 Å². The zero-order valence-corrected chi connectivity index (χ0v) is 22.7. The van der Waals surface area contributed by atoms with Crippen LogP contribution >= 0.6 is 0 Å². The van der Waals surface area contributed by atoms with Crippen LogP contribution in [0.2, 0.25) is 0 Å². The van der Waals surface area contributed by atoms with Gasteiger partial charge in [0, 0.05) is 22.6 Å². The molecule has 2 heterocycles. The molecule has 2 atom stereocenters. The van der Waals surface area contributed by atoms with E-state index in [0.29, 0.717) is 11.8 Å². The number of benzene rings is 4. The molecule has 0 N–H and O–H groups in total. The van der Waals surface area contributed by atoms with E-state index in [1.54, 1.807) is 0 Å². The van der Waals surface area contributed by atoms with Gasteiger partial charge in [-0.3, -0.25) is 4.40 Å². The van der Waals surface area contributed by atoms with Crippen molar-refractivity contribution in [1.29, 1.82) is 0 Å². The third kappa shape index (κ3) is 3.28. The Morgan fingerprint density at radius 2 is 1.39 bits per heavy atom. The van der Waals surface area contributed by atoms with E-state index in [0.717, 1.165) is 29.5 Å². The fourth-order valence-corrected chi connectivity index (χ4v) is 7.52. The molecule has 3 aliphatic carbocycles. The number of nitrogens with zero attached hydrogens (tertiary/aromatic N) is 2. The molecular formula is C39H28N2. The molecule has 2 nitrogen and oxygen atoms in total. The van der Waals surface area contributed by atoms with Crippen LogP contribution in [0.15, 0.2) is 139 Å². The van der Waals surface area contributed by atoms with E-state index < -0.39 is 0 Å². The molecule has 0 saturated carbocycles. The van der Waals surface area contributed by atoms with E-state index >= 15 is 0 Å². The van der Waals surface area contributed by atoms with Crippen molar-refractivity contribution in [2.75, 3.05) is 0 Å². The summed E-state index contributed by atoms with van der Waals surface area (Å²) in [5.41, 5.74) is 10.1. The van der Waals surface area contributed by atoms with Crippen molar-refractivity contribution in [3.8, 4) is 0 Å². The molecule has 2 unspecified atom stereocenters. The summed E-state index contributed by atoms with van der Waals surface area (Å²) >= 11 is 0. The van der Waals surface area contributed by atoms with Crippen LogP contribution in [0.4, 0.5) is 0 Å². The lowest BCUT2D eigenvalue weighted by atomic mass is 9.70. The number of imidazole rings is 1. The average molecular weight is 525 g/mol. The molecule has 3 aliphatic rings. The second kappa shape index (κ2) is 8.78. The highest BCUT2D eigenvalue weighted by Crippen LogP contribution is 2.42. The van der Waals surface area contributed by atoms with E-state index in [-0.39, 0.29) is 0 Å². The number of pyridine rings is 1. The number of aromatic nitrogens is 2. The van der Waals surface area contributed by atoms with Crippen LogP contribution in [0.3, 0.4) is 0 Å².